The van der Waals surface area contributed by atoms with E-state index in [4.69, 9.17) is 53.8 Å². The van der Waals surface area contributed by atoms with Gasteiger partial charge in [0.15, 0.2) is 18.4 Å². The van der Waals surface area contributed by atoms with Gasteiger partial charge in [0, 0.05) is 13.8 Å². The molecule has 0 radical (unpaired) electrons. The normalized spacial score (nSPS) is 25.4. The first-order valence-electron chi connectivity index (χ1n) is 7.06. The van der Waals surface area contributed by atoms with E-state index in [-0.39, 0.29) is 6.61 Å². The summed E-state index contributed by atoms with van der Waals surface area (Å²) in [7, 11) is 0. The third kappa shape index (κ3) is 7.76. The van der Waals surface area contributed by atoms with E-state index in [1.54, 1.807) is 0 Å². The third-order valence-corrected chi connectivity index (χ3v) is 3.24. The molecule has 0 aromatic rings. The van der Waals surface area contributed by atoms with E-state index in [1.807, 2.05) is 0 Å². The number of amides is 1. The molecule has 1 amide bonds. The number of hydrogen-bond acceptors (Lipinski definition) is 9. The Morgan fingerprint density at radius 1 is 1.23 bits per heavy atom. The molecule has 26 heavy (non-hydrogen) atoms. The third-order valence-electron chi connectivity index (χ3n) is 2.91. The molecule has 1 heterocycles. The number of halogens is 3. The van der Waals surface area contributed by atoms with Crippen LogP contribution in [-0.4, -0.2) is 65.6 Å². The molecule has 0 spiro atoms. The molecule has 4 atom stereocenters. The summed E-state index contributed by atoms with van der Waals surface area (Å²) in [4.78, 5) is 48.5. The van der Waals surface area contributed by atoms with Crippen molar-refractivity contribution in [2.75, 3.05) is 13.2 Å². The molecule has 10 nitrogen and oxygen atoms in total. The maximum absolute atomic E-state index is 11.9. The summed E-state index contributed by atoms with van der Waals surface area (Å²) in [6.07, 6.45) is -3.35. The first-order valence-corrected chi connectivity index (χ1v) is 8.20. The highest BCUT2D eigenvalue weighted by molar-refractivity contribution is 6.67. The minimum Gasteiger partial charge on any atom is -0.456 e. The Labute approximate surface area is 163 Å². The van der Waals surface area contributed by atoms with Crippen molar-refractivity contribution < 1.29 is 38.1 Å². The lowest BCUT2D eigenvalue weighted by Gasteiger charge is -2.39. The van der Waals surface area contributed by atoms with Crippen LogP contribution in [0, 0.1) is 0 Å². The minimum atomic E-state index is -1.85. The topological polar surface area (TPSA) is 130 Å². The maximum atomic E-state index is 11.9. The number of isocyanates is 1. The van der Waals surface area contributed by atoms with E-state index in [0.29, 0.717) is 0 Å². The number of nitrogens with zero attached hydrogens (tertiary/aromatic N) is 1. The molecule has 0 unspecified atom stereocenters. The van der Waals surface area contributed by atoms with Crippen LogP contribution in [0.2, 0.25) is 0 Å². The zero-order valence-corrected chi connectivity index (χ0v) is 15.8. The fourth-order valence-electron chi connectivity index (χ4n) is 2.09. The van der Waals surface area contributed by atoms with Gasteiger partial charge in [0.1, 0.15) is 12.6 Å². The zero-order valence-electron chi connectivity index (χ0n) is 13.6. The van der Waals surface area contributed by atoms with Crippen LogP contribution in [0.5, 0.6) is 0 Å². The Balaban J connectivity index is 3.00. The van der Waals surface area contributed by atoms with Crippen LogP contribution in [0.15, 0.2) is 4.99 Å². The monoisotopic (exact) mass is 432 g/mol. The number of aliphatic imine (C=N–C) groups is 1. The largest absolute Gasteiger partial charge is 0.456 e. The predicted octanol–water partition coefficient (Wildman–Crippen LogP) is 1.01. The molecular formula is C13H15Cl3N2O8. The molecule has 0 aliphatic carbocycles. The fourth-order valence-corrected chi connectivity index (χ4v) is 2.25. The summed E-state index contributed by atoms with van der Waals surface area (Å²) in [6.45, 7) is 1.42. The number of carbonyl (C=O) groups is 3. The van der Waals surface area contributed by atoms with Crippen LogP contribution >= 0.6 is 34.8 Å². The lowest BCUT2D eigenvalue weighted by Crippen LogP contribution is -2.62. The highest BCUT2D eigenvalue weighted by atomic mass is 35.6. The Hall–Kier alpha value is -1.58. The van der Waals surface area contributed by atoms with Gasteiger partial charge >= 0.3 is 18.0 Å². The van der Waals surface area contributed by atoms with Crippen LogP contribution < -0.4 is 5.32 Å². The van der Waals surface area contributed by atoms with Gasteiger partial charge in [-0.3, -0.25) is 9.59 Å². The van der Waals surface area contributed by atoms with Crippen molar-refractivity contribution in [3.63, 3.8) is 0 Å². The molecule has 1 rings (SSSR count). The second-order valence-corrected chi connectivity index (χ2v) is 7.54. The van der Waals surface area contributed by atoms with Crippen molar-refractivity contribution in [2.24, 2.45) is 4.99 Å². The van der Waals surface area contributed by atoms with E-state index >= 15 is 0 Å². The number of alkyl halides is 3. The Bertz CT molecular complexity index is 590. The van der Waals surface area contributed by atoms with Crippen molar-refractivity contribution >= 4 is 58.9 Å². The number of rotatable bonds is 5. The van der Waals surface area contributed by atoms with Crippen molar-refractivity contribution in [3.05, 3.63) is 0 Å². The lowest BCUT2D eigenvalue weighted by molar-refractivity contribution is -0.193. The number of alkyl carbamates (subject to hydrolysis) is 1. The number of carbonyl (C=O) groups excluding carboxylic acids is 4. The summed E-state index contributed by atoms with van der Waals surface area (Å²) in [5.41, 5.74) is 0. The van der Waals surface area contributed by atoms with Crippen molar-refractivity contribution in [1.29, 1.82) is 0 Å². The van der Waals surface area contributed by atoms with Gasteiger partial charge in [-0.05, 0) is 0 Å². The summed E-state index contributed by atoms with van der Waals surface area (Å²) in [5.74, 6) is -1.41. The van der Waals surface area contributed by atoms with Gasteiger partial charge in [0.05, 0.1) is 6.61 Å². The Morgan fingerprint density at radius 3 is 2.35 bits per heavy atom. The highest BCUT2D eigenvalue weighted by Gasteiger charge is 2.46. The van der Waals surface area contributed by atoms with Crippen molar-refractivity contribution in [1.82, 2.24) is 5.32 Å². The molecule has 13 heteroatoms. The summed E-state index contributed by atoms with van der Waals surface area (Å²) >= 11 is 16.4. The Kier molecular flexibility index (Phi) is 8.58. The second kappa shape index (κ2) is 9.94. The maximum Gasteiger partial charge on any atom is 0.407 e. The number of nitrogens with one attached hydrogen (secondary N) is 1. The van der Waals surface area contributed by atoms with Gasteiger partial charge in [-0.15, -0.1) is 0 Å². The summed E-state index contributed by atoms with van der Waals surface area (Å²) in [5, 5.41) is 2.28. The van der Waals surface area contributed by atoms with E-state index in [9.17, 15) is 19.2 Å². The molecule has 1 saturated heterocycles. The van der Waals surface area contributed by atoms with E-state index in [1.165, 1.54) is 6.08 Å². The van der Waals surface area contributed by atoms with Gasteiger partial charge < -0.3 is 24.3 Å². The van der Waals surface area contributed by atoms with Crippen LogP contribution in [0.1, 0.15) is 13.8 Å². The van der Waals surface area contributed by atoms with Crippen molar-refractivity contribution in [2.45, 2.75) is 42.1 Å². The first-order chi connectivity index (χ1) is 12.0. The van der Waals surface area contributed by atoms with Crippen LogP contribution in [-0.2, 0) is 33.3 Å². The van der Waals surface area contributed by atoms with E-state index in [2.05, 4.69) is 10.3 Å². The molecule has 1 fully saturated rings. The zero-order chi connectivity index (χ0) is 19.9. The van der Waals surface area contributed by atoms with E-state index in [0.717, 1.165) is 13.8 Å². The van der Waals surface area contributed by atoms with Crippen LogP contribution in [0.25, 0.3) is 0 Å². The highest BCUT2D eigenvalue weighted by Crippen LogP contribution is 2.26. The fraction of sp³-hybridized carbons (Fsp3) is 0.692. The van der Waals surface area contributed by atoms with Crippen LogP contribution in [0.3, 0.4) is 0 Å². The lowest BCUT2D eigenvalue weighted by atomic mass is 10.0. The summed E-state index contributed by atoms with van der Waals surface area (Å²) in [6, 6.07) is -1.23. The standard InChI is InChI=1S/C13H15Cl3N2O8/c1-6(20)25-8-3-23-11(17-5-19)9(10(8)26-7(2)21)18-12(22)24-4-13(14,15)16/h8-11H,3-4H2,1-2H3,(H,18,22)/t8-,9-,10+,11-/m1/s1. The van der Waals surface area contributed by atoms with Crippen molar-refractivity contribution in [3.8, 4) is 0 Å². The first kappa shape index (κ1) is 22.5. The van der Waals surface area contributed by atoms with Gasteiger partial charge in [-0.1, -0.05) is 34.8 Å². The molecule has 0 saturated carbocycles. The molecule has 1 aliphatic heterocycles. The average Bonchev–Trinajstić information content (AvgIpc) is 2.49. The summed E-state index contributed by atoms with van der Waals surface area (Å²) < 4.78 is 18.2. The quantitative estimate of drug-likeness (QED) is 0.223. The minimum absolute atomic E-state index is 0.241. The molecule has 0 bridgehead atoms. The smallest absolute Gasteiger partial charge is 0.407 e. The van der Waals surface area contributed by atoms with Gasteiger partial charge in [-0.25, -0.2) is 9.59 Å². The Morgan fingerprint density at radius 2 is 1.85 bits per heavy atom. The molecule has 0 aromatic carbocycles. The van der Waals surface area contributed by atoms with Gasteiger partial charge in [0.25, 0.3) is 0 Å². The SMILES string of the molecule is CC(=O)O[C@@H]1[C@@H](NC(=O)OCC(Cl)(Cl)Cl)[C@H](N=C=O)OC[C@H]1OC(C)=O. The molecule has 1 N–H and O–H groups in total. The molecular weight excluding hydrogens is 419 g/mol. The molecule has 1 aliphatic rings. The molecule has 146 valence electrons. The molecule has 0 aromatic heterocycles. The van der Waals surface area contributed by atoms with Gasteiger partial charge in [0.2, 0.25) is 9.87 Å². The second-order valence-electron chi connectivity index (χ2n) is 5.03. The van der Waals surface area contributed by atoms with Crippen LogP contribution in [0.4, 0.5) is 4.79 Å². The predicted molar refractivity (Wildman–Crippen MR) is 87.5 cm³/mol. The number of hydrogen-bond donors (Lipinski definition) is 1. The average molecular weight is 434 g/mol. The number of esters is 2. The van der Waals surface area contributed by atoms with Gasteiger partial charge in [-0.2, -0.15) is 4.99 Å². The number of ether oxygens (including phenoxy) is 4. The van der Waals surface area contributed by atoms with E-state index < -0.39 is 52.9 Å².